The summed E-state index contributed by atoms with van der Waals surface area (Å²) in [6.07, 6.45) is 0. The molecule has 0 bridgehead atoms. The van der Waals surface area contributed by atoms with E-state index in [2.05, 4.69) is 29.0 Å². The fraction of sp³-hybridized carbons (Fsp3) is 1.00. The van der Waals surface area contributed by atoms with Crippen LogP contribution in [-0.2, 0) is 14.2 Å². The van der Waals surface area contributed by atoms with Gasteiger partial charge in [0, 0.05) is 39.3 Å². The second kappa shape index (κ2) is 14.4. The van der Waals surface area contributed by atoms with E-state index in [0.717, 1.165) is 45.9 Å². The van der Waals surface area contributed by atoms with Crippen molar-refractivity contribution in [2.24, 2.45) is 0 Å². The van der Waals surface area contributed by atoms with Crippen LogP contribution in [0.4, 0.5) is 0 Å². The molecule has 0 aromatic rings. The van der Waals surface area contributed by atoms with Crippen LogP contribution >= 0.6 is 0 Å². The van der Waals surface area contributed by atoms with E-state index in [1.807, 2.05) is 0 Å². The Balaban J connectivity index is 1.75. The van der Waals surface area contributed by atoms with Crippen LogP contribution in [0, 0.1) is 0 Å². The molecule has 0 saturated carbocycles. The average Bonchev–Trinajstić information content (AvgIpc) is 2.56. The number of hydrogen-bond acceptors (Lipinski definition) is 6. The fourth-order valence-electron chi connectivity index (χ4n) is 2.39. The Bertz CT molecular complexity index is 237. The van der Waals surface area contributed by atoms with Crippen molar-refractivity contribution in [1.82, 2.24) is 15.1 Å². The molecule has 132 valence electrons. The van der Waals surface area contributed by atoms with Gasteiger partial charge in [0.2, 0.25) is 0 Å². The lowest BCUT2D eigenvalue weighted by Gasteiger charge is -2.33. The second-order valence-electron chi connectivity index (χ2n) is 5.47. The van der Waals surface area contributed by atoms with Crippen LogP contribution in [-0.4, -0.2) is 102 Å². The average molecular weight is 317 g/mol. The molecule has 1 heterocycles. The van der Waals surface area contributed by atoms with E-state index >= 15 is 0 Å². The monoisotopic (exact) mass is 317 g/mol. The first-order chi connectivity index (χ1) is 10.9. The molecule has 0 radical (unpaired) electrons. The Morgan fingerprint density at radius 2 is 1.27 bits per heavy atom. The third kappa shape index (κ3) is 10.5. The van der Waals surface area contributed by atoms with Gasteiger partial charge >= 0.3 is 0 Å². The Morgan fingerprint density at radius 3 is 1.86 bits per heavy atom. The van der Waals surface area contributed by atoms with Gasteiger partial charge in [-0.3, -0.25) is 4.90 Å². The Kier molecular flexibility index (Phi) is 12.9. The number of piperazine rings is 1. The fourth-order valence-corrected chi connectivity index (χ4v) is 2.39. The van der Waals surface area contributed by atoms with E-state index in [0.29, 0.717) is 26.4 Å². The summed E-state index contributed by atoms with van der Waals surface area (Å²) >= 11 is 0. The predicted octanol–water partition coefficient (Wildman–Crippen LogP) is 0.283. The standard InChI is InChI=1S/C16H35N3O3/c1-3-17-5-11-20-13-15-22-16-14-21-12-10-19-8-6-18(4-2)7-9-19/h17H,3-16H2,1-2H3. The Hall–Kier alpha value is -0.240. The zero-order chi connectivity index (χ0) is 15.9. The van der Waals surface area contributed by atoms with Crippen LogP contribution in [0.5, 0.6) is 0 Å². The molecule has 1 N–H and O–H groups in total. The molecule has 1 fully saturated rings. The third-order valence-electron chi connectivity index (χ3n) is 3.88. The highest BCUT2D eigenvalue weighted by atomic mass is 16.5. The van der Waals surface area contributed by atoms with Crippen LogP contribution in [0.1, 0.15) is 13.8 Å². The molecule has 0 unspecified atom stereocenters. The maximum absolute atomic E-state index is 5.62. The molecule has 0 amide bonds. The molecule has 1 aliphatic rings. The van der Waals surface area contributed by atoms with Gasteiger partial charge in [0.1, 0.15) is 0 Å². The molecule has 0 aromatic heterocycles. The van der Waals surface area contributed by atoms with E-state index < -0.39 is 0 Å². The maximum atomic E-state index is 5.62. The SMILES string of the molecule is CCNCCOCCOCCOCCN1CCN(CC)CC1. The normalized spacial score (nSPS) is 17.2. The number of nitrogens with zero attached hydrogens (tertiary/aromatic N) is 2. The number of ether oxygens (including phenoxy) is 3. The molecule has 1 saturated heterocycles. The summed E-state index contributed by atoms with van der Waals surface area (Å²) in [4.78, 5) is 4.97. The van der Waals surface area contributed by atoms with Crippen molar-refractivity contribution in [3.05, 3.63) is 0 Å². The minimum absolute atomic E-state index is 0.647. The molecule has 1 rings (SSSR count). The van der Waals surface area contributed by atoms with Gasteiger partial charge in [-0.1, -0.05) is 13.8 Å². The quantitative estimate of drug-likeness (QED) is 0.465. The van der Waals surface area contributed by atoms with Crippen LogP contribution in [0.3, 0.4) is 0 Å². The van der Waals surface area contributed by atoms with E-state index in [4.69, 9.17) is 14.2 Å². The van der Waals surface area contributed by atoms with Crippen molar-refractivity contribution in [3.8, 4) is 0 Å². The van der Waals surface area contributed by atoms with Crippen LogP contribution in [0.15, 0.2) is 0 Å². The van der Waals surface area contributed by atoms with Gasteiger partial charge in [-0.15, -0.1) is 0 Å². The minimum atomic E-state index is 0.647. The smallest absolute Gasteiger partial charge is 0.0701 e. The molecule has 0 aliphatic carbocycles. The van der Waals surface area contributed by atoms with Crippen LogP contribution in [0.25, 0.3) is 0 Å². The van der Waals surface area contributed by atoms with Gasteiger partial charge in [-0.2, -0.15) is 0 Å². The molecular weight excluding hydrogens is 282 g/mol. The van der Waals surface area contributed by atoms with E-state index in [1.165, 1.54) is 19.6 Å². The zero-order valence-electron chi connectivity index (χ0n) is 14.5. The van der Waals surface area contributed by atoms with Gasteiger partial charge in [-0.05, 0) is 13.1 Å². The largest absolute Gasteiger partial charge is 0.378 e. The zero-order valence-corrected chi connectivity index (χ0v) is 14.5. The first-order valence-electron chi connectivity index (χ1n) is 8.75. The Labute approximate surface area is 136 Å². The summed E-state index contributed by atoms with van der Waals surface area (Å²) < 4.78 is 16.5. The summed E-state index contributed by atoms with van der Waals surface area (Å²) in [5.74, 6) is 0. The van der Waals surface area contributed by atoms with Crippen molar-refractivity contribution in [1.29, 1.82) is 0 Å². The molecule has 1 aliphatic heterocycles. The number of nitrogens with one attached hydrogen (secondary N) is 1. The minimum Gasteiger partial charge on any atom is -0.378 e. The lowest BCUT2D eigenvalue weighted by Crippen LogP contribution is -2.47. The number of likely N-dealkylation sites (N-methyl/N-ethyl adjacent to an activating group) is 2. The summed E-state index contributed by atoms with van der Waals surface area (Å²) in [6.45, 7) is 17.3. The molecular formula is C16H35N3O3. The van der Waals surface area contributed by atoms with Crippen molar-refractivity contribution < 1.29 is 14.2 Å². The van der Waals surface area contributed by atoms with Gasteiger partial charge in [0.15, 0.2) is 0 Å². The van der Waals surface area contributed by atoms with Crippen molar-refractivity contribution in [2.75, 3.05) is 92.0 Å². The highest BCUT2D eigenvalue weighted by Crippen LogP contribution is 2.00. The van der Waals surface area contributed by atoms with E-state index in [9.17, 15) is 0 Å². The van der Waals surface area contributed by atoms with Crippen molar-refractivity contribution in [2.45, 2.75) is 13.8 Å². The molecule has 6 heteroatoms. The summed E-state index contributed by atoms with van der Waals surface area (Å²) in [5, 5.41) is 3.21. The highest BCUT2D eigenvalue weighted by molar-refractivity contribution is 4.70. The van der Waals surface area contributed by atoms with Crippen molar-refractivity contribution in [3.63, 3.8) is 0 Å². The lowest BCUT2D eigenvalue weighted by molar-refractivity contribution is 0.00858. The maximum Gasteiger partial charge on any atom is 0.0701 e. The molecule has 22 heavy (non-hydrogen) atoms. The van der Waals surface area contributed by atoms with Crippen LogP contribution in [0.2, 0.25) is 0 Å². The first-order valence-corrected chi connectivity index (χ1v) is 8.75. The van der Waals surface area contributed by atoms with Gasteiger partial charge in [0.05, 0.1) is 39.6 Å². The Morgan fingerprint density at radius 1 is 0.727 bits per heavy atom. The molecule has 0 atom stereocenters. The molecule has 0 spiro atoms. The topological polar surface area (TPSA) is 46.2 Å². The second-order valence-corrected chi connectivity index (χ2v) is 5.47. The summed E-state index contributed by atoms with van der Waals surface area (Å²) in [7, 11) is 0. The first kappa shape index (κ1) is 19.8. The van der Waals surface area contributed by atoms with E-state index in [-0.39, 0.29) is 0 Å². The number of rotatable bonds is 14. The predicted molar refractivity (Wildman–Crippen MR) is 89.6 cm³/mol. The van der Waals surface area contributed by atoms with Gasteiger partial charge < -0.3 is 24.4 Å². The van der Waals surface area contributed by atoms with Crippen molar-refractivity contribution >= 4 is 0 Å². The van der Waals surface area contributed by atoms with E-state index in [1.54, 1.807) is 0 Å². The third-order valence-corrected chi connectivity index (χ3v) is 3.88. The lowest BCUT2D eigenvalue weighted by atomic mass is 10.3. The molecule has 0 aromatic carbocycles. The van der Waals surface area contributed by atoms with Gasteiger partial charge in [-0.25, -0.2) is 0 Å². The van der Waals surface area contributed by atoms with Crippen LogP contribution < -0.4 is 5.32 Å². The number of hydrogen-bond donors (Lipinski definition) is 1. The summed E-state index contributed by atoms with van der Waals surface area (Å²) in [5.41, 5.74) is 0. The molecule has 6 nitrogen and oxygen atoms in total. The highest BCUT2D eigenvalue weighted by Gasteiger charge is 2.14. The summed E-state index contributed by atoms with van der Waals surface area (Å²) in [6, 6.07) is 0. The van der Waals surface area contributed by atoms with Gasteiger partial charge in [0.25, 0.3) is 0 Å².